The number of hydrogen-bond acceptors (Lipinski definition) is 4. The lowest BCUT2D eigenvalue weighted by Gasteiger charge is -2.34. The number of rotatable bonds is 4. The molecule has 1 aliphatic rings. The molecule has 1 heterocycles. The molecule has 8 heteroatoms. The minimum Gasteiger partial charge on any atom is -0.336 e. The topological polar surface area (TPSA) is 57.7 Å². The Morgan fingerprint density at radius 1 is 0.962 bits per heavy atom. The number of carbonyl (C=O) groups excluding carboxylic acids is 1. The highest BCUT2D eigenvalue weighted by molar-refractivity contribution is 7.98. The van der Waals surface area contributed by atoms with Crippen LogP contribution in [0.5, 0.6) is 0 Å². The van der Waals surface area contributed by atoms with Gasteiger partial charge in [-0.3, -0.25) is 4.79 Å². The average molecular weight is 394 g/mol. The van der Waals surface area contributed by atoms with Crippen LogP contribution in [0.25, 0.3) is 0 Å². The lowest BCUT2D eigenvalue weighted by molar-refractivity contribution is 0.0698. The average Bonchev–Trinajstić information content (AvgIpc) is 2.68. The van der Waals surface area contributed by atoms with Gasteiger partial charge in [0.2, 0.25) is 10.0 Å². The highest BCUT2D eigenvalue weighted by Gasteiger charge is 2.30. The maximum Gasteiger partial charge on any atom is 0.253 e. The molecule has 0 unspecified atom stereocenters. The number of amides is 1. The van der Waals surface area contributed by atoms with Gasteiger partial charge in [0.25, 0.3) is 5.91 Å². The lowest BCUT2D eigenvalue weighted by Crippen LogP contribution is -2.50. The molecule has 1 saturated heterocycles. The van der Waals surface area contributed by atoms with Gasteiger partial charge in [-0.1, -0.05) is 0 Å². The van der Waals surface area contributed by atoms with Gasteiger partial charge in [0.15, 0.2) is 0 Å². The molecular weight excluding hydrogens is 375 g/mol. The second kappa shape index (κ2) is 7.77. The molecule has 138 valence electrons. The molecule has 2 aromatic carbocycles. The standard InChI is InChI=1S/C18H19FN2O3S2/c1-25-16-6-2-14(3-7-16)18(22)20-10-12-21(13-11-20)26(23,24)17-8-4-15(19)5-9-17/h2-9H,10-13H2,1H3. The molecule has 0 N–H and O–H groups in total. The summed E-state index contributed by atoms with van der Waals surface area (Å²) in [4.78, 5) is 15.4. The van der Waals surface area contributed by atoms with Gasteiger partial charge in [-0.15, -0.1) is 11.8 Å². The van der Waals surface area contributed by atoms with Crippen molar-refractivity contribution < 1.29 is 17.6 Å². The van der Waals surface area contributed by atoms with Crippen molar-refractivity contribution in [2.45, 2.75) is 9.79 Å². The Balaban J connectivity index is 1.66. The van der Waals surface area contributed by atoms with E-state index in [1.165, 1.54) is 16.4 Å². The van der Waals surface area contributed by atoms with E-state index in [-0.39, 0.29) is 23.9 Å². The Labute approximate surface area is 156 Å². The highest BCUT2D eigenvalue weighted by Crippen LogP contribution is 2.20. The van der Waals surface area contributed by atoms with E-state index in [1.54, 1.807) is 28.8 Å². The Hall–Kier alpha value is -1.90. The van der Waals surface area contributed by atoms with Crippen LogP contribution in [0, 0.1) is 5.82 Å². The van der Waals surface area contributed by atoms with E-state index < -0.39 is 15.8 Å². The van der Waals surface area contributed by atoms with E-state index in [9.17, 15) is 17.6 Å². The summed E-state index contributed by atoms with van der Waals surface area (Å²) in [7, 11) is -3.68. The van der Waals surface area contributed by atoms with E-state index in [4.69, 9.17) is 0 Å². The number of thioether (sulfide) groups is 1. The Bertz CT molecular complexity index is 876. The quantitative estimate of drug-likeness (QED) is 0.748. The van der Waals surface area contributed by atoms with Crippen molar-refractivity contribution >= 4 is 27.7 Å². The second-order valence-corrected chi connectivity index (χ2v) is 8.70. The number of hydrogen-bond donors (Lipinski definition) is 0. The number of nitrogens with zero attached hydrogens (tertiary/aromatic N) is 2. The number of halogens is 1. The number of benzene rings is 2. The van der Waals surface area contributed by atoms with E-state index >= 15 is 0 Å². The normalized spacial score (nSPS) is 15.8. The van der Waals surface area contributed by atoms with E-state index in [0.717, 1.165) is 17.0 Å². The monoisotopic (exact) mass is 394 g/mol. The minimum absolute atomic E-state index is 0.0614. The highest BCUT2D eigenvalue weighted by atomic mass is 32.2. The van der Waals surface area contributed by atoms with Crippen molar-refractivity contribution in [3.63, 3.8) is 0 Å². The summed E-state index contributed by atoms with van der Waals surface area (Å²) in [6.45, 7) is 1.08. The molecule has 26 heavy (non-hydrogen) atoms. The summed E-state index contributed by atoms with van der Waals surface area (Å²) in [6, 6.07) is 12.1. The smallest absolute Gasteiger partial charge is 0.253 e. The third kappa shape index (κ3) is 3.92. The van der Waals surface area contributed by atoms with Crippen LogP contribution in [0.4, 0.5) is 4.39 Å². The molecule has 0 saturated carbocycles. The van der Waals surface area contributed by atoms with Crippen LogP contribution >= 0.6 is 11.8 Å². The zero-order chi connectivity index (χ0) is 18.7. The van der Waals surface area contributed by atoms with Crippen molar-refractivity contribution in [1.29, 1.82) is 0 Å². The molecule has 0 aliphatic carbocycles. The summed E-state index contributed by atoms with van der Waals surface area (Å²) in [5.74, 6) is -0.580. The zero-order valence-electron chi connectivity index (χ0n) is 14.3. The van der Waals surface area contributed by atoms with Crippen LogP contribution in [0.15, 0.2) is 58.3 Å². The minimum atomic E-state index is -3.68. The van der Waals surface area contributed by atoms with Gasteiger partial charge in [0, 0.05) is 36.6 Å². The molecule has 0 radical (unpaired) electrons. The number of carbonyl (C=O) groups is 1. The predicted octanol–water partition coefficient (Wildman–Crippen LogP) is 2.69. The van der Waals surface area contributed by atoms with Crippen molar-refractivity contribution in [3.8, 4) is 0 Å². The molecule has 0 spiro atoms. The van der Waals surface area contributed by atoms with Crippen molar-refractivity contribution in [3.05, 3.63) is 59.9 Å². The van der Waals surface area contributed by atoms with E-state index in [2.05, 4.69) is 0 Å². The molecule has 1 amide bonds. The molecular formula is C18H19FN2O3S2. The van der Waals surface area contributed by atoms with Gasteiger partial charge in [-0.05, 0) is 54.8 Å². The number of piperazine rings is 1. The van der Waals surface area contributed by atoms with Crippen molar-refractivity contribution in [2.75, 3.05) is 32.4 Å². The molecule has 2 aromatic rings. The van der Waals surface area contributed by atoms with Crippen molar-refractivity contribution in [1.82, 2.24) is 9.21 Å². The largest absolute Gasteiger partial charge is 0.336 e. The summed E-state index contributed by atoms with van der Waals surface area (Å²) in [5.41, 5.74) is 0.595. The molecule has 0 bridgehead atoms. The fourth-order valence-electron chi connectivity index (χ4n) is 2.80. The van der Waals surface area contributed by atoms with Crippen LogP contribution in [0.2, 0.25) is 0 Å². The molecule has 1 fully saturated rings. The zero-order valence-corrected chi connectivity index (χ0v) is 15.9. The van der Waals surface area contributed by atoms with Gasteiger partial charge >= 0.3 is 0 Å². The van der Waals surface area contributed by atoms with Crippen LogP contribution in [-0.2, 0) is 10.0 Å². The van der Waals surface area contributed by atoms with Gasteiger partial charge in [-0.25, -0.2) is 12.8 Å². The SMILES string of the molecule is CSc1ccc(C(=O)N2CCN(S(=O)(=O)c3ccc(F)cc3)CC2)cc1. The first-order valence-electron chi connectivity index (χ1n) is 8.11. The van der Waals surface area contributed by atoms with Crippen LogP contribution in [-0.4, -0.2) is 56.0 Å². The van der Waals surface area contributed by atoms with Crippen LogP contribution < -0.4 is 0 Å². The number of sulfonamides is 1. The molecule has 3 rings (SSSR count). The van der Waals surface area contributed by atoms with Crippen LogP contribution in [0.3, 0.4) is 0 Å². The fourth-order valence-corrected chi connectivity index (χ4v) is 4.63. The van der Waals surface area contributed by atoms with Gasteiger partial charge in [0.1, 0.15) is 5.82 Å². The first kappa shape index (κ1) is 18.9. The summed E-state index contributed by atoms with van der Waals surface area (Å²) in [6.07, 6.45) is 1.97. The molecule has 0 atom stereocenters. The first-order chi connectivity index (χ1) is 12.4. The Morgan fingerprint density at radius 3 is 2.08 bits per heavy atom. The fraction of sp³-hybridized carbons (Fsp3) is 0.278. The third-order valence-corrected chi connectivity index (χ3v) is 6.97. The molecule has 5 nitrogen and oxygen atoms in total. The molecule has 0 aromatic heterocycles. The van der Waals surface area contributed by atoms with E-state index in [1.807, 2.05) is 18.4 Å². The molecule has 1 aliphatic heterocycles. The third-order valence-electron chi connectivity index (χ3n) is 4.31. The predicted molar refractivity (Wildman–Crippen MR) is 99.3 cm³/mol. The second-order valence-electron chi connectivity index (χ2n) is 5.88. The lowest BCUT2D eigenvalue weighted by atomic mass is 10.2. The first-order valence-corrected chi connectivity index (χ1v) is 10.8. The Morgan fingerprint density at radius 2 is 1.54 bits per heavy atom. The van der Waals surface area contributed by atoms with Gasteiger partial charge in [0.05, 0.1) is 4.90 Å². The summed E-state index contributed by atoms with van der Waals surface area (Å²) < 4.78 is 39.6. The maximum atomic E-state index is 13.0. The summed E-state index contributed by atoms with van der Waals surface area (Å²) >= 11 is 1.60. The van der Waals surface area contributed by atoms with Gasteiger partial charge in [-0.2, -0.15) is 4.31 Å². The Kier molecular flexibility index (Phi) is 5.64. The summed E-state index contributed by atoms with van der Waals surface area (Å²) in [5, 5.41) is 0. The maximum absolute atomic E-state index is 13.0. The van der Waals surface area contributed by atoms with Crippen molar-refractivity contribution in [2.24, 2.45) is 0 Å². The van der Waals surface area contributed by atoms with E-state index in [0.29, 0.717) is 18.7 Å². The van der Waals surface area contributed by atoms with Gasteiger partial charge < -0.3 is 4.90 Å². The van der Waals surface area contributed by atoms with Crippen LogP contribution in [0.1, 0.15) is 10.4 Å².